The molecule has 5 fully saturated rings. The standard InChI is InChI=1S/C90H138Si6/c1-49(2)67-37-73(55(13)14)85(74(38-67)56(15)16)91(86-75(57(17)18)39-68(50(3)4)40-76(86)58(19)20)93(89-81(63(29)30)45-71(53(9)10)46-82(89)64(31)32)95-92(87-77(59(21)22)41-69(51(5)6)42-78(87)60(23)24,88-79(61(25)26)43-70(52(7)8)44-80(88)62(27)28)96(93,95)94(91,95)90-83(65(33)34)47-72(54(11)12)48-84(90)66(35)36/h37-66H,1-36H3. The van der Waals surface area contributed by atoms with Crippen molar-refractivity contribution in [3.05, 3.63) is 173 Å². The predicted octanol–water partition coefficient (Wildman–Crippen LogP) is 23.1. The molecule has 5 aliphatic heterocycles. The molecule has 0 aliphatic carbocycles. The summed E-state index contributed by atoms with van der Waals surface area (Å²) in [7, 11) is -5.96. The predicted molar refractivity (Wildman–Crippen MR) is 445 cm³/mol. The van der Waals surface area contributed by atoms with Crippen LogP contribution in [0.15, 0.2) is 72.8 Å². The summed E-state index contributed by atoms with van der Waals surface area (Å²) in [4.78, 5) is 0. The normalized spacial score (nSPS) is 21.7. The van der Waals surface area contributed by atoms with Crippen molar-refractivity contribution in [3.63, 3.8) is 0 Å². The second kappa shape index (κ2) is 25.8. The molecule has 2 spiro atoms. The third kappa shape index (κ3) is 9.58. The molecule has 5 saturated heterocycles. The summed E-state index contributed by atoms with van der Waals surface area (Å²) in [6.07, 6.45) is -5.16. The summed E-state index contributed by atoms with van der Waals surface area (Å²) in [5.74, 6) is 7.53. The summed E-state index contributed by atoms with van der Waals surface area (Å²) in [6.45, 7) is 88.9. The van der Waals surface area contributed by atoms with E-state index in [1.807, 2.05) is 22.3 Å². The van der Waals surface area contributed by atoms with Crippen LogP contribution in [0.25, 0.3) is 0 Å². The van der Waals surface area contributed by atoms with E-state index >= 15 is 0 Å². The van der Waals surface area contributed by atoms with Gasteiger partial charge in [0, 0.05) is 12.3 Å². The molecular weight excluding hydrogens is 1250 g/mol. The van der Waals surface area contributed by atoms with Crippen LogP contribution in [0, 0.1) is 0 Å². The van der Waals surface area contributed by atoms with Crippen molar-refractivity contribution in [2.75, 3.05) is 0 Å². The van der Waals surface area contributed by atoms with Crippen molar-refractivity contribution in [1.29, 1.82) is 0 Å². The minimum Gasteiger partial charge on any atom is -0.0612 e. The van der Waals surface area contributed by atoms with Gasteiger partial charge in [-0.2, -0.15) is 0 Å². The Kier molecular flexibility index (Phi) is 20.3. The van der Waals surface area contributed by atoms with Gasteiger partial charge in [-0.1, -0.05) is 353 Å². The Morgan fingerprint density at radius 1 is 0.146 bits per heavy atom. The SMILES string of the molecule is CC(C)c1cc(C(C)C)c([Si]2(c3c(C(C)C)cc(C(C)C)cc3C(C)C)[Si]3(c4c(C(C)C)cc(C(C)C)cc4C(C)C)[Si]45[Si](c6c(C(C)C)cc(C(C)C)cc6C(C)C)(c6c(C(C)C)cc(C(C)C)cc6C(C)C)[Si]34[Si]25c2c(C(C)C)cc(C(C)C)cc2C(C)C)c(C(C)C)c1. The Morgan fingerprint density at radius 3 is 0.375 bits per heavy atom. The number of benzene rings is 6. The Bertz CT molecular complexity index is 3530. The number of rotatable bonds is 24. The molecule has 96 heavy (non-hydrogen) atoms. The summed E-state index contributed by atoms with van der Waals surface area (Å²) < 4.78 is 0. The maximum absolute atomic E-state index is 3.18. The largest absolute Gasteiger partial charge is 0.104 e. The quantitative estimate of drug-likeness (QED) is 0.0530. The fourth-order valence-corrected chi connectivity index (χ4v) is 675. The zero-order chi connectivity index (χ0) is 71.7. The molecule has 5 aliphatic rings. The first kappa shape index (κ1) is 75.3. The highest BCUT2D eigenvalue weighted by atomic mass is 31.3. The lowest BCUT2D eigenvalue weighted by Gasteiger charge is -2.82. The van der Waals surface area contributed by atoms with E-state index in [-0.39, 0.29) is 0 Å². The molecule has 0 amide bonds. The maximum Gasteiger partial charge on any atom is 0.104 e. The van der Waals surface area contributed by atoms with Crippen LogP contribution < -0.4 is 31.1 Å². The lowest BCUT2D eigenvalue weighted by Crippen LogP contribution is -3.25. The second-order valence-corrected chi connectivity index (χ2v) is 120. The highest BCUT2D eigenvalue weighted by Gasteiger charge is 3.48. The second-order valence-electron chi connectivity index (χ2n) is 37.7. The van der Waals surface area contributed by atoms with E-state index in [0.717, 1.165) is 0 Å². The first-order valence-electron chi connectivity index (χ1n) is 39.7. The fourth-order valence-electron chi connectivity index (χ4n) is 21.7. The van der Waals surface area contributed by atoms with Crippen LogP contribution in [-0.2, 0) is 0 Å². The Balaban J connectivity index is 1.73. The average Bonchev–Trinajstić information content (AvgIpc) is 1.24. The Labute approximate surface area is 595 Å². The van der Waals surface area contributed by atoms with Crippen LogP contribution in [0.3, 0.4) is 0 Å². The van der Waals surface area contributed by atoms with Crippen molar-refractivity contribution >= 4 is 70.9 Å². The molecule has 0 unspecified atom stereocenters. The van der Waals surface area contributed by atoms with Gasteiger partial charge in [-0.25, -0.2) is 0 Å². The lowest BCUT2D eigenvalue weighted by molar-refractivity contribution is 0.808. The van der Waals surface area contributed by atoms with Crippen molar-refractivity contribution in [1.82, 2.24) is 0 Å². The molecule has 0 nitrogen and oxygen atoms in total. The summed E-state index contributed by atoms with van der Waals surface area (Å²) >= 11 is 0. The molecule has 2 bridgehead atoms. The molecule has 0 N–H and O–H groups in total. The van der Waals surface area contributed by atoms with Crippen molar-refractivity contribution in [2.45, 2.75) is 356 Å². The van der Waals surface area contributed by atoms with Crippen LogP contribution in [0.5, 0.6) is 0 Å². The van der Waals surface area contributed by atoms with Gasteiger partial charge in [0.05, 0.1) is 20.4 Å². The van der Waals surface area contributed by atoms with Gasteiger partial charge in [-0.3, -0.25) is 0 Å². The molecule has 522 valence electrons. The zero-order valence-electron chi connectivity index (χ0n) is 68.3. The van der Waals surface area contributed by atoms with Crippen molar-refractivity contribution in [3.8, 4) is 0 Å². The average molecular weight is 1390 g/mol. The van der Waals surface area contributed by atoms with Gasteiger partial charge in [-0.05, 0) is 207 Å². The molecular formula is C90H138Si6. The van der Waals surface area contributed by atoms with Gasteiger partial charge in [0.25, 0.3) is 0 Å². The van der Waals surface area contributed by atoms with Gasteiger partial charge in [-0.15, -0.1) is 0 Å². The highest BCUT2D eigenvalue weighted by Crippen LogP contribution is 3.06. The van der Waals surface area contributed by atoms with E-state index in [1.54, 1.807) is 77.9 Å². The number of hydrogen-bond acceptors (Lipinski definition) is 0. The van der Waals surface area contributed by atoms with Crippen molar-refractivity contribution < 1.29 is 0 Å². The van der Waals surface area contributed by atoms with E-state index in [1.165, 1.54) is 0 Å². The van der Waals surface area contributed by atoms with Gasteiger partial charge in [0.15, 0.2) is 0 Å². The van der Waals surface area contributed by atoms with Crippen LogP contribution in [0.4, 0.5) is 0 Å². The van der Waals surface area contributed by atoms with E-state index < -0.39 is 39.8 Å². The monoisotopic (exact) mass is 1390 g/mol. The molecule has 0 atom stereocenters. The van der Waals surface area contributed by atoms with Gasteiger partial charge in [0.2, 0.25) is 0 Å². The third-order valence-electron chi connectivity index (χ3n) is 25.9. The third-order valence-corrected chi connectivity index (χ3v) is 281. The molecule has 0 saturated carbocycles. The summed E-state index contributed by atoms with van der Waals surface area (Å²) in [6, 6.07) is 35.2. The molecule has 0 aromatic heterocycles. The lowest BCUT2D eigenvalue weighted by atomic mass is 9.89. The van der Waals surface area contributed by atoms with Crippen LogP contribution in [0.1, 0.15) is 456 Å². The molecule has 6 aromatic rings. The van der Waals surface area contributed by atoms with Crippen LogP contribution in [0.2, 0.25) is 0 Å². The number of hydrogen-bond donors (Lipinski definition) is 0. The molecule has 6 aromatic carbocycles. The van der Waals surface area contributed by atoms with Crippen LogP contribution >= 0.6 is 0 Å². The summed E-state index contributed by atoms with van der Waals surface area (Å²) in [5, 5.41) is 12.5. The molecule has 6 heteroatoms. The Morgan fingerprint density at radius 2 is 0.260 bits per heavy atom. The Hall–Kier alpha value is -3.38. The van der Waals surface area contributed by atoms with Crippen LogP contribution in [-0.4, -0.2) is 39.8 Å². The summed E-state index contributed by atoms with van der Waals surface area (Å²) in [5.41, 5.74) is 31.1. The minimum atomic E-state index is -3.18. The fraction of sp³-hybridized carbons (Fsp3) is 0.600. The first-order chi connectivity index (χ1) is 44.6. The molecule has 11 rings (SSSR count). The van der Waals surface area contributed by atoms with Crippen molar-refractivity contribution in [2.24, 2.45) is 0 Å². The maximum atomic E-state index is 2.95. The molecule has 0 radical (unpaired) electrons. The highest BCUT2D eigenvalue weighted by molar-refractivity contribution is 9.09. The van der Waals surface area contributed by atoms with Gasteiger partial charge in [0.1, 0.15) is 7.11 Å². The van der Waals surface area contributed by atoms with E-state index in [9.17, 15) is 0 Å². The van der Waals surface area contributed by atoms with E-state index in [0.29, 0.717) is 107 Å². The topological polar surface area (TPSA) is 0 Å². The van der Waals surface area contributed by atoms with E-state index in [2.05, 4.69) is 353 Å². The zero-order valence-corrected chi connectivity index (χ0v) is 74.3. The van der Waals surface area contributed by atoms with Gasteiger partial charge < -0.3 is 0 Å². The smallest absolute Gasteiger partial charge is 0.0612 e. The van der Waals surface area contributed by atoms with Gasteiger partial charge >= 0.3 is 0 Å². The molecule has 5 heterocycles. The first-order valence-corrected chi connectivity index (χ1v) is 60.7. The van der Waals surface area contributed by atoms with E-state index in [4.69, 9.17) is 0 Å². The minimum absolute atomic E-state index is 0.381.